The number of amides is 1. The van der Waals surface area contributed by atoms with Crippen molar-refractivity contribution in [3.63, 3.8) is 0 Å². The molecular weight excluding hydrogens is 330 g/mol. The first-order chi connectivity index (χ1) is 12.3. The molecule has 0 spiro atoms. The molecule has 0 aliphatic carbocycles. The molecule has 0 unspecified atom stereocenters. The van der Waals surface area contributed by atoms with Gasteiger partial charge in [-0.25, -0.2) is 4.98 Å². The number of anilines is 2. The molecule has 6 heteroatoms. The molecule has 0 fully saturated rings. The molecule has 0 aliphatic rings. The van der Waals surface area contributed by atoms with Gasteiger partial charge in [-0.1, -0.05) is 26.8 Å². The normalized spacial score (nSPS) is 11.0. The summed E-state index contributed by atoms with van der Waals surface area (Å²) >= 11 is 0. The highest BCUT2D eigenvalue weighted by Crippen LogP contribution is 2.27. The number of aromatic nitrogens is 1. The summed E-state index contributed by atoms with van der Waals surface area (Å²) in [6.45, 7) is 6.36. The van der Waals surface area contributed by atoms with E-state index in [9.17, 15) is 4.79 Å². The van der Waals surface area contributed by atoms with Crippen LogP contribution in [-0.2, 0) is 11.2 Å². The second-order valence-corrected chi connectivity index (χ2v) is 7.00. The van der Waals surface area contributed by atoms with Crippen molar-refractivity contribution in [3.8, 4) is 11.5 Å². The molecule has 2 aromatic rings. The number of carbonyl (C=O) groups is 1. The van der Waals surface area contributed by atoms with E-state index in [0.29, 0.717) is 5.82 Å². The van der Waals surface area contributed by atoms with Crippen LogP contribution in [0.5, 0.6) is 11.5 Å². The zero-order valence-electron chi connectivity index (χ0n) is 16.1. The number of carbonyl (C=O) groups excluding carboxylic acids is 1. The van der Waals surface area contributed by atoms with Gasteiger partial charge in [0.15, 0.2) is 11.5 Å². The number of pyridine rings is 1. The Morgan fingerprint density at radius 3 is 2.38 bits per heavy atom. The van der Waals surface area contributed by atoms with E-state index in [2.05, 4.69) is 15.6 Å². The first kappa shape index (κ1) is 19.6. The van der Waals surface area contributed by atoms with Crippen LogP contribution in [0.4, 0.5) is 11.5 Å². The highest BCUT2D eigenvalue weighted by atomic mass is 16.5. The second kappa shape index (κ2) is 8.56. The summed E-state index contributed by atoms with van der Waals surface area (Å²) < 4.78 is 10.6. The van der Waals surface area contributed by atoms with Gasteiger partial charge in [0.25, 0.3) is 0 Å². The van der Waals surface area contributed by atoms with Crippen molar-refractivity contribution in [2.24, 2.45) is 5.41 Å². The molecular formula is C20H27N3O3. The molecule has 0 bridgehead atoms. The van der Waals surface area contributed by atoms with Gasteiger partial charge < -0.3 is 20.1 Å². The maximum atomic E-state index is 12.0. The van der Waals surface area contributed by atoms with Gasteiger partial charge in [0.05, 0.1) is 26.1 Å². The summed E-state index contributed by atoms with van der Waals surface area (Å²) in [5, 5.41) is 6.13. The monoisotopic (exact) mass is 357 g/mol. The zero-order chi connectivity index (χ0) is 19.2. The minimum absolute atomic E-state index is 0.0563. The highest BCUT2D eigenvalue weighted by molar-refractivity contribution is 5.93. The molecule has 0 saturated heterocycles. The van der Waals surface area contributed by atoms with Crippen LogP contribution in [0, 0.1) is 5.41 Å². The second-order valence-electron chi connectivity index (χ2n) is 7.00. The van der Waals surface area contributed by atoms with Crippen LogP contribution in [0.1, 0.15) is 26.3 Å². The van der Waals surface area contributed by atoms with E-state index in [1.807, 2.05) is 45.0 Å². The molecule has 26 heavy (non-hydrogen) atoms. The third-order valence-electron chi connectivity index (χ3n) is 3.88. The number of nitrogens with zero attached hydrogens (tertiary/aromatic N) is 1. The molecule has 2 rings (SSSR count). The Morgan fingerprint density at radius 2 is 1.81 bits per heavy atom. The van der Waals surface area contributed by atoms with Gasteiger partial charge in [0.1, 0.15) is 5.82 Å². The lowest BCUT2D eigenvalue weighted by molar-refractivity contribution is -0.123. The summed E-state index contributed by atoms with van der Waals surface area (Å²) in [5.41, 5.74) is 1.61. The fourth-order valence-electron chi connectivity index (χ4n) is 2.26. The van der Waals surface area contributed by atoms with Crippen LogP contribution in [0.15, 0.2) is 36.5 Å². The van der Waals surface area contributed by atoms with E-state index >= 15 is 0 Å². The molecule has 1 aromatic carbocycles. The van der Waals surface area contributed by atoms with Crippen molar-refractivity contribution in [1.29, 1.82) is 0 Å². The predicted molar refractivity (Wildman–Crippen MR) is 104 cm³/mol. The summed E-state index contributed by atoms with van der Waals surface area (Å²) in [6.07, 6.45) is 2.55. The van der Waals surface area contributed by atoms with Crippen molar-refractivity contribution >= 4 is 17.4 Å². The summed E-state index contributed by atoms with van der Waals surface area (Å²) in [6, 6.07) is 9.60. The number of hydrogen-bond donors (Lipinski definition) is 2. The van der Waals surface area contributed by atoms with Crippen molar-refractivity contribution in [3.05, 3.63) is 42.1 Å². The van der Waals surface area contributed by atoms with Crippen LogP contribution in [0.2, 0.25) is 0 Å². The SMILES string of the molecule is COc1ccc(CCNc2ccc(NC(=O)C(C)(C)C)nc2)cc1OC. The van der Waals surface area contributed by atoms with Gasteiger partial charge in [-0.2, -0.15) is 0 Å². The van der Waals surface area contributed by atoms with Gasteiger partial charge >= 0.3 is 0 Å². The van der Waals surface area contributed by atoms with Gasteiger partial charge in [0, 0.05) is 12.0 Å². The minimum Gasteiger partial charge on any atom is -0.493 e. The van der Waals surface area contributed by atoms with Gasteiger partial charge in [-0.05, 0) is 36.2 Å². The van der Waals surface area contributed by atoms with E-state index < -0.39 is 5.41 Å². The number of hydrogen-bond acceptors (Lipinski definition) is 5. The van der Waals surface area contributed by atoms with E-state index in [0.717, 1.165) is 35.7 Å². The van der Waals surface area contributed by atoms with Crippen LogP contribution >= 0.6 is 0 Å². The Labute approximate surface area is 154 Å². The average molecular weight is 357 g/mol. The number of methoxy groups -OCH3 is 2. The first-order valence-electron chi connectivity index (χ1n) is 8.56. The topological polar surface area (TPSA) is 72.5 Å². The number of benzene rings is 1. The number of ether oxygens (including phenoxy) is 2. The van der Waals surface area contributed by atoms with Crippen molar-refractivity contribution in [2.45, 2.75) is 27.2 Å². The Morgan fingerprint density at radius 1 is 1.08 bits per heavy atom. The third-order valence-corrected chi connectivity index (χ3v) is 3.88. The van der Waals surface area contributed by atoms with Crippen molar-refractivity contribution < 1.29 is 14.3 Å². The molecule has 0 radical (unpaired) electrons. The Bertz CT molecular complexity index is 737. The fraction of sp³-hybridized carbons (Fsp3) is 0.400. The molecule has 1 aromatic heterocycles. The third kappa shape index (κ3) is 5.37. The smallest absolute Gasteiger partial charge is 0.230 e. The lowest BCUT2D eigenvalue weighted by Gasteiger charge is -2.17. The fourth-order valence-corrected chi connectivity index (χ4v) is 2.26. The van der Waals surface area contributed by atoms with Crippen LogP contribution < -0.4 is 20.1 Å². The molecule has 140 valence electrons. The van der Waals surface area contributed by atoms with E-state index in [-0.39, 0.29) is 5.91 Å². The zero-order valence-corrected chi connectivity index (χ0v) is 16.1. The molecule has 1 heterocycles. The lowest BCUT2D eigenvalue weighted by atomic mass is 9.96. The molecule has 2 N–H and O–H groups in total. The maximum absolute atomic E-state index is 12.0. The number of rotatable bonds is 7. The first-order valence-corrected chi connectivity index (χ1v) is 8.56. The molecule has 6 nitrogen and oxygen atoms in total. The molecule has 1 amide bonds. The summed E-state index contributed by atoms with van der Waals surface area (Å²) in [4.78, 5) is 16.2. The van der Waals surface area contributed by atoms with Crippen molar-refractivity contribution in [1.82, 2.24) is 4.98 Å². The highest BCUT2D eigenvalue weighted by Gasteiger charge is 2.21. The van der Waals surface area contributed by atoms with E-state index in [4.69, 9.17) is 9.47 Å². The predicted octanol–water partition coefficient (Wildman–Crippen LogP) is 3.74. The minimum atomic E-state index is -0.446. The average Bonchev–Trinajstić information content (AvgIpc) is 2.62. The Balaban J connectivity index is 1.87. The van der Waals surface area contributed by atoms with Crippen molar-refractivity contribution in [2.75, 3.05) is 31.4 Å². The van der Waals surface area contributed by atoms with Crippen LogP contribution in [-0.4, -0.2) is 31.7 Å². The van der Waals surface area contributed by atoms with E-state index in [1.165, 1.54) is 0 Å². The molecule has 0 saturated carbocycles. The Hall–Kier alpha value is -2.76. The lowest BCUT2D eigenvalue weighted by Crippen LogP contribution is -2.27. The van der Waals surface area contributed by atoms with Gasteiger partial charge in [0.2, 0.25) is 5.91 Å². The maximum Gasteiger partial charge on any atom is 0.230 e. The van der Waals surface area contributed by atoms with E-state index in [1.54, 1.807) is 26.5 Å². The van der Waals surface area contributed by atoms with Crippen LogP contribution in [0.3, 0.4) is 0 Å². The molecule has 0 atom stereocenters. The molecule has 0 aliphatic heterocycles. The quantitative estimate of drug-likeness (QED) is 0.790. The number of nitrogens with one attached hydrogen (secondary N) is 2. The van der Waals surface area contributed by atoms with Gasteiger partial charge in [-0.15, -0.1) is 0 Å². The standard InChI is InChI=1S/C20H27N3O3/c1-20(2,3)19(24)23-18-9-7-15(13-22-18)21-11-10-14-6-8-16(25-4)17(12-14)26-5/h6-9,12-13,21H,10-11H2,1-5H3,(H,22,23,24). The van der Waals surface area contributed by atoms with Gasteiger partial charge in [-0.3, -0.25) is 4.79 Å². The summed E-state index contributed by atoms with van der Waals surface area (Å²) in [5.74, 6) is 1.95. The summed E-state index contributed by atoms with van der Waals surface area (Å²) in [7, 11) is 3.26. The Kier molecular flexibility index (Phi) is 6.44. The largest absolute Gasteiger partial charge is 0.493 e. The van der Waals surface area contributed by atoms with Crippen LogP contribution in [0.25, 0.3) is 0 Å².